The largest absolute Gasteiger partial charge is 0.427 e. The third-order valence-electron chi connectivity index (χ3n) is 1.54. The minimum absolute atomic E-state index is 0.0384. The molecule has 15 heavy (non-hydrogen) atoms. The average molecular weight is 346 g/mol. The third-order valence-corrected chi connectivity index (χ3v) is 3.60. The van der Waals surface area contributed by atoms with Crippen molar-refractivity contribution in [1.29, 1.82) is 0 Å². The number of methoxy groups -OCH3 is 1. The van der Waals surface area contributed by atoms with E-state index in [1.165, 1.54) is 0 Å². The lowest BCUT2D eigenvalue weighted by Gasteiger charge is -2.11. The maximum absolute atomic E-state index is 11.0. The fraction of sp³-hybridized carbons (Fsp3) is 0.625. The second kappa shape index (κ2) is 6.59. The summed E-state index contributed by atoms with van der Waals surface area (Å²) in [6, 6.07) is 0. The zero-order chi connectivity index (χ0) is 11.3. The van der Waals surface area contributed by atoms with Gasteiger partial charge in [-0.05, 0) is 31.9 Å². The van der Waals surface area contributed by atoms with E-state index < -0.39 is 12.3 Å². The van der Waals surface area contributed by atoms with Gasteiger partial charge in [0.05, 0.1) is 17.7 Å². The molecule has 86 valence electrons. The minimum atomic E-state index is -0.727. The van der Waals surface area contributed by atoms with Gasteiger partial charge in [0, 0.05) is 7.11 Å². The molecule has 0 N–H and O–H groups in total. The molecule has 0 aromatic heterocycles. The van der Waals surface area contributed by atoms with E-state index in [9.17, 15) is 4.79 Å². The molecule has 0 saturated carbocycles. The van der Waals surface area contributed by atoms with E-state index in [4.69, 9.17) is 18.9 Å². The van der Waals surface area contributed by atoms with Gasteiger partial charge in [-0.3, -0.25) is 0 Å². The molecule has 7 heteroatoms. The van der Waals surface area contributed by atoms with Crippen molar-refractivity contribution >= 4 is 37.8 Å². The summed E-state index contributed by atoms with van der Waals surface area (Å²) in [5.41, 5.74) is 0. The summed E-state index contributed by atoms with van der Waals surface area (Å²) in [7, 11) is 1.58. The molecule has 0 spiro atoms. The van der Waals surface area contributed by atoms with Crippen LogP contribution in [0.2, 0.25) is 0 Å². The number of esters is 1. The molecule has 1 rings (SSSR count). The number of cyclic esters (lactones) is 1. The van der Waals surface area contributed by atoms with Crippen LogP contribution in [0.15, 0.2) is 8.96 Å². The van der Waals surface area contributed by atoms with Crippen LogP contribution in [0, 0.1) is 0 Å². The van der Waals surface area contributed by atoms with Crippen LogP contribution in [0.1, 0.15) is 0 Å². The maximum atomic E-state index is 11.0. The van der Waals surface area contributed by atoms with E-state index in [2.05, 4.69) is 31.9 Å². The predicted octanol–water partition coefficient (Wildman–Crippen LogP) is 1.51. The van der Waals surface area contributed by atoms with E-state index >= 15 is 0 Å². The first-order chi connectivity index (χ1) is 7.16. The summed E-state index contributed by atoms with van der Waals surface area (Å²) < 4.78 is 20.7. The highest BCUT2D eigenvalue weighted by molar-refractivity contribution is 9.14. The standard InChI is InChI=1S/C8H10Br2O5/c1-12-2-3-13-4-14-8-6(10)5(9)7(11)15-8/h8H,2-4H2,1H3. The second-order valence-electron chi connectivity index (χ2n) is 2.58. The van der Waals surface area contributed by atoms with Gasteiger partial charge in [-0.25, -0.2) is 4.79 Å². The first-order valence-electron chi connectivity index (χ1n) is 4.11. The zero-order valence-electron chi connectivity index (χ0n) is 8.00. The highest BCUT2D eigenvalue weighted by atomic mass is 79.9. The van der Waals surface area contributed by atoms with Gasteiger partial charge in [-0.1, -0.05) is 0 Å². The highest BCUT2D eigenvalue weighted by Crippen LogP contribution is 2.31. The predicted molar refractivity (Wildman–Crippen MR) is 58.5 cm³/mol. The topological polar surface area (TPSA) is 54.0 Å². The summed E-state index contributed by atoms with van der Waals surface area (Å²) in [4.78, 5) is 11.0. The lowest BCUT2D eigenvalue weighted by molar-refractivity contribution is -0.180. The van der Waals surface area contributed by atoms with Gasteiger partial charge in [-0.2, -0.15) is 0 Å². The monoisotopic (exact) mass is 344 g/mol. The number of hydrogen-bond donors (Lipinski definition) is 0. The second-order valence-corrected chi connectivity index (χ2v) is 4.23. The van der Waals surface area contributed by atoms with Crippen LogP contribution < -0.4 is 0 Å². The fourth-order valence-electron chi connectivity index (χ4n) is 0.820. The Balaban J connectivity index is 2.21. The highest BCUT2D eigenvalue weighted by Gasteiger charge is 2.31. The van der Waals surface area contributed by atoms with Crippen LogP contribution >= 0.6 is 31.9 Å². The molecular formula is C8H10Br2O5. The lowest BCUT2D eigenvalue weighted by atomic mass is 10.5. The van der Waals surface area contributed by atoms with Crippen LogP contribution in [0.5, 0.6) is 0 Å². The molecule has 1 unspecified atom stereocenters. The number of carbonyl (C=O) groups is 1. The Labute approximate surface area is 104 Å². The van der Waals surface area contributed by atoms with Gasteiger partial charge < -0.3 is 18.9 Å². The number of ether oxygens (including phenoxy) is 4. The molecule has 0 saturated heterocycles. The van der Waals surface area contributed by atoms with Gasteiger partial charge in [-0.15, -0.1) is 0 Å². The lowest BCUT2D eigenvalue weighted by Crippen LogP contribution is -2.17. The van der Waals surface area contributed by atoms with Crippen LogP contribution in [-0.2, 0) is 23.7 Å². The Kier molecular flexibility index (Phi) is 5.77. The normalized spacial score (nSPS) is 21.0. The number of halogens is 2. The van der Waals surface area contributed by atoms with Crippen LogP contribution in [-0.4, -0.2) is 39.4 Å². The Morgan fingerprint density at radius 1 is 1.40 bits per heavy atom. The molecule has 0 radical (unpaired) electrons. The van der Waals surface area contributed by atoms with Crippen LogP contribution in [0.4, 0.5) is 0 Å². The Bertz CT molecular complexity index is 266. The van der Waals surface area contributed by atoms with Crippen molar-refractivity contribution in [2.75, 3.05) is 27.1 Å². The minimum Gasteiger partial charge on any atom is -0.427 e. The molecule has 0 aromatic rings. The molecule has 0 fully saturated rings. The molecule has 1 aliphatic heterocycles. The van der Waals surface area contributed by atoms with Crippen molar-refractivity contribution in [1.82, 2.24) is 0 Å². The first kappa shape index (κ1) is 13.1. The molecular weight excluding hydrogens is 336 g/mol. The summed E-state index contributed by atoms with van der Waals surface area (Å²) in [5.74, 6) is -0.455. The Hall–Kier alpha value is 0.0500. The van der Waals surface area contributed by atoms with Crippen molar-refractivity contribution in [2.24, 2.45) is 0 Å². The van der Waals surface area contributed by atoms with Crippen molar-refractivity contribution in [3.8, 4) is 0 Å². The quantitative estimate of drug-likeness (QED) is 0.415. The molecule has 0 bridgehead atoms. The van der Waals surface area contributed by atoms with E-state index in [-0.39, 0.29) is 6.79 Å². The maximum Gasteiger partial charge on any atom is 0.348 e. The molecule has 5 nitrogen and oxygen atoms in total. The van der Waals surface area contributed by atoms with Gasteiger partial charge in [0.25, 0.3) is 0 Å². The third kappa shape index (κ3) is 3.84. The summed E-state index contributed by atoms with van der Waals surface area (Å²) >= 11 is 6.24. The van der Waals surface area contributed by atoms with Crippen LogP contribution in [0.3, 0.4) is 0 Å². The van der Waals surface area contributed by atoms with Crippen molar-refractivity contribution < 1.29 is 23.7 Å². The van der Waals surface area contributed by atoms with Crippen molar-refractivity contribution in [3.05, 3.63) is 8.96 Å². The molecule has 0 aliphatic carbocycles. The fourth-order valence-corrected chi connectivity index (χ4v) is 1.49. The summed E-state index contributed by atoms with van der Waals surface area (Å²) in [6.07, 6.45) is -0.727. The zero-order valence-corrected chi connectivity index (χ0v) is 11.2. The molecule has 1 heterocycles. The molecule has 1 atom stereocenters. The van der Waals surface area contributed by atoms with E-state index in [0.29, 0.717) is 22.2 Å². The van der Waals surface area contributed by atoms with E-state index in [1.807, 2.05) is 0 Å². The van der Waals surface area contributed by atoms with Crippen molar-refractivity contribution in [2.45, 2.75) is 6.29 Å². The van der Waals surface area contributed by atoms with Gasteiger partial charge in [0.2, 0.25) is 6.29 Å². The molecule has 0 amide bonds. The Morgan fingerprint density at radius 2 is 2.13 bits per heavy atom. The first-order valence-corrected chi connectivity index (χ1v) is 5.70. The number of carbonyl (C=O) groups excluding carboxylic acids is 1. The van der Waals surface area contributed by atoms with Crippen LogP contribution in [0.25, 0.3) is 0 Å². The van der Waals surface area contributed by atoms with Crippen molar-refractivity contribution in [3.63, 3.8) is 0 Å². The Morgan fingerprint density at radius 3 is 2.67 bits per heavy atom. The van der Waals surface area contributed by atoms with E-state index in [0.717, 1.165) is 0 Å². The average Bonchev–Trinajstić information content (AvgIpc) is 2.46. The van der Waals surface area contributed by atoms with Gasteiger partial charge in [0.15, 0.2) is 6.79 Å². The number of rotatable bonds is 6. The number of hydrogen-bond acceptors (Lipinski definition) is 5. The molecule has 1 aliphatic rings. The summed E-state index contributed by atoms with van der Waals surface area (Å²) in [5, 5.41) is 0. The van der Waals surface area contributed by atoms with E-state index in [1.54, 1.807) is 7.11 Å². The SMILES string of the molecule is COCCOCOC1OC(=O)C(Br)=C1Br. The van der Waals surface area contributed by atoms with Gasteiger partial charge >= 0.3 is 5.97 Å². The van der Waals surface area contributed by atoms with Gasteiger partial charge in [0.1, 0.15) is 4.48 Å². The smallest absolute Gasteiger partial charge is 0.348 e. The summed E-state index contributed by atoms with van der Waals surface area (Å²) in [6.45, 7) is 0.963. The molecule has 0 aromatic carbocycles.